The number of aryl methyl sites for hydroxylation is 2. The molecule has 8 heteroatoms. The molecule has 0 atom stereocenters. The van der Waals surface area contributed by atoms with Gasteiger partial charge in [-0.3, -0.25) is 9.69 Å². The average Bonchev–Trinajstić information content (AvgIpc) is 3.07. The lowest BCUT2D eigenvalue weighted by Gasteiger charge is -2.34. The number of nitrogens with zero attached hydrogens (tertiary/aromatic N) is 2. The van der Waals surface area contributed by atoms with Crippen LogP contribution in [0.5, 0.6) is 0 Å². The van der Waals surface area contributed by atoms with E-state index in [4.69, 9.17) is 16.7 Å². The van der Waals surface area contributed by atoms with Gasteiger partial charge < -0.3 is 20.3 Å². The molecule has 0 saturated carbocycles. The van der Waals surface area contributed by atoms with Crippen molar-refractivity contribution in [1.82, 2.24) is 14.8 Å². The largest absolute Gasteiger partial charge is 0.395 e. The lowest BCUT2D eigenvalue weighted by Crippen LogP contribution is -2.49. The Morgan fingerprint density at radius 2 is 1.94 bits per heavy atom. The first-order valence-corrected chi connectivity index (χ1v) is 11.2. The Morgan fingerprint density at radius 1 is 1.19 bits per heavy atom. The van der Waals surface area contributed by atoms with Crippen LogP contribution in [0.4, 0.5) is 10.1 Å². The number of aliphatic hydroxyl groups is 1. The third kappa shape index (κ3) is 4.60. The molecule has 0 spiro atoms. The van der Waals surface area contributed by atoms with Crippen molar-refractivity contribution in [2.45, 2.75) is 20.4 Å². The van der Waals surface area contributed by atoms with Crippen LogP contribution >= 0.6 is 11.6 Å². The predicted octanol–water partition coefficient (Wildman–Crippen LogP) is 3.94. The smallest absolute Gasteiger partial charge is 0.254 e. The second-order valence-corrected chi connectivity index (χ2v) is 8.67. The van der Waals surface area contributed by atoms with Crippen LogP contribution in [0, 0.1) is 19.7 Å². The molecule has 3 N–H and O–H groups in total. The van der Waals surface area contributed by atoms with Crippen LogP contribution in [0.25, 0.3) is 10.9 Å². The highest BCUT2D eigenvalue weighted by Gasteiger charge is 2.23. The number of carbonyl (C=O) groups is 1. The highest BCUT2D eigenvalue weighted by Crippen LogP contribution is 2.34. The van der Waals surface area contributed by atoms with Gasteiger partial charge in [0.1, 0.15) is 5.82 Å². The van der Waals surface area contributed by atoms with Crippen LogP contribution in [0.1, 0.15) is 27.2 Å². The van der Waals surface area contributed by atoms with Crippen molar-refractivity contribution in [2.24, 2.45) is 0 Å². The number of aromatic amines is 1. The summed E-state index contributed by atoms with van der Waals surface area (Å²) in [7, 11) is 0. The number of fused-ring (bicyclic) bond motifs is 1. The molecule has 0 radical (unpaired) electrons. The van der Waals surface area contributed by atoms with Gasteiger partial charge in [-0.25, -0.2) is 4.39 Å². The van der Waals surface area contributed by atoms with E-state index in [9.17, 15) is 9.18 Å². The fourth-order valence-electron chi connectivity index (χ4n) is 4.20. The minimum atomic E-state index is -0.257. The zero-order valence-electron chi connectivity index (χ0n) is 18.3. The van der Waals surface area contributed by atoms with Crippen molar-refractivity contribution in [2.75, 3.05) is 44.6 Å². The number of amides is 1. The molecule has 1 saturated heterocycles. The van der Waals surface area contributed by atoms with Gasteiger partial charge in [-0.05, 0) is 49.2 Å². The molecule has 1 amide bonds. The maximum atomic E-state index is 13.5. The predicted molar refractivity (Wildman–Crippen MR) is 126 cm³/mol. The number of β-amino-alcohol motifs (C(OH)–C–C–N with tert-alkyl or cyclic N) is 1. The monoisotopic (exact) mass is 458 g/mol. The summed E-state index contributed by atoms with van der Waals surface area (Å²) in [5.41, 5.74) is 4.88. The van der Waals surface area contributed by atoms with E-state index in [-0.39, 0.29) is 18.3 Å². The SMILES string of the molecule is Cc1cc(F)ccc1CNc1cc(C(=O)N2CCN(CCO)CC2)cc2c(Cl)c(C)[nH]c12. The van der Waals surface area contributed by atoms with Crippen LogP contribution in [0.2, 0.25) is 5.02 Å². The Balaban J connectivity index is 1.61. The summed E-state index contributed by atoms with van der Waals surface area (Å²) < 4.78 is 13.5. The summed E-state index contributed by atoms with van der Waals surface area (Å²) >= 11 is 6.53. The number of anilines is 1. The highest BCUT2D eigenvalue weighted by molar-refractivity contribution is 6.37. The van der Waals surface area contributed by atoms with E-state index in [0.29, 0.717) is 36.8 Å². The summed E-state index contributed by atoms with van der Waals surface area (Å²) in [5.74, 6) is -0.293. The number of benzene rings is 2. The zero-order valence-corrected chi connectivity index (χ0v) is 19.1. The van der Waals surface area contributed by atoms with E-state index in [1.165, 1.54) is 12.1 Å². The van der Waals surface area contributed by atoms with Crippen LogP contribution in [0.15, 0.2) is 30.3 Å². The zero-order chi connectivity index (χ0) is 22.8. The van der Waals surface area contributed by atoms with Gasteiger partial charge >= 0.3 is 0 Å². The summed E-state index contributed by atoms with van der Waals surface area (Å²) in [4.78, 5) is 20.6. The first-order valence-electron chi connectivity index (χ1n) is 10.8. The standard InChI is InChI=1S/C24H28ClFN4O2/c1-15-11-19(26)4-3-17(15)14-27-21-13-18(12-20-22(25)16(2)28-23(20)21)24(32)30-7-5-29(6-8-30)9-10-31/h3-4,11-13,27-28,31H,5-10,14H2,1-2H3. The fraction of sp³-hybridized carbons (Fsp3) is 0.375. The highest BCUT2D eigenvalue weighted by atomic mass is 35.5. The first kappa shape index (κ1) is 22.6. The molecular weight excluding hydrogens is 431 g/mol. The molecule has 1 fully saturated rings. The van der Waals surface area contributed by atoms with Gasteiger partial charge in [0.2, 0.25) is 0 Å². The van der Waals surface area contributed by atoms with Crippen LogP contribution in [-0.4, -0.2) is 65.1 Å². The second-order valence-electron chi connectivity index (χ2n) is 8.29. The number of hydrogen-bond acceptors (Lipinski definition) is 4. The number of aliphatic hydroxyl groups excluding tert-OH is 1. The van der Waals surface area contributed by atoms with E-state index in [2.05, 4.69) is 15.2 Å². The molecule has 1 aliphatic rings. The van der Waals surface area contributed by atoms with Crippen molar-refractivity contribution in [1.29, 1.82) is 0 Å². The van der Waals surface area contributed by atoms with E-state index in [0.717, 1.165) is 46.5 Å². The molecule has 2 aromatic carbocycles. The van der Waals surface area contributed by atoms with Crippen molar-refractivity contribution in [3.8, 4) is 0 Å². The molecule has 2 heterocycles. The Hall–Kier alpha value is -2.61. The van der Waals surface area contributed by atoms with Crippen LogP contribution in [0.3, 0.4) is 0 Å². The van der Waals surface area contributed by atoms with Crippen molar-refractivity contribution in [3.63, 3.8) is 0 Å². The van der Waals surface area contributed by atoms with Gasteiger partial charge in [-0.1, -0.05) is 17.7 Å². The van der Waals surface area contributed by atoms with Gasteiger partial charge in [0.05, 0.1) is 22.8 Å². The van der Waals surface area contributed by atoms with E-state index >= 15 is 0 Å². The maximum Gasteiger partial charge on any atom is 0.254 e. The van der Waals surface area contributed by atoms with Gasteiger partial charge in [-0.2, -0.15) is 0 Å². The Morgan fingerprint density at radius 3 is 2.62 bits per heavy atom. The summed E-state index contributed by atoms with van der Waals surface area (Å²) in [6, 6.07) is 8.43. The number of nitrogens with one attached hydrogen (secondary N) is 2. The number of aromatic nitrogens is 1. The van der Waals surface area contributed by atoms with Gasteiger partial charge in [-0.15, -0.1) is 0 Å². The normalized spacial score (nSPS) is 14.8. The molecular formula is C24H28ClFN4O2. The number of H-pyrrole nitrogens is 1. The van der Waals surface area contributed by atoms with Crippen LogP contribution < -0.4 is 5.32 Å². The van der Waals surface area contributed by atoms with E-state index < -0.39 is 0 Å². The Bertz CT molecular complexity index is 1140. The number of piperazine rings is 1. The first-order chi connectivity index (χ1) is 15.4. The number of carbonyl (C=O) groups excluding carboxylic acids is 1. The molecule has 1 aliphatic heterocycles. The number of halogens is 2. The molecule has 1 aromatic heterocycles. The second kappa shape index (κ2) is 9.48. The molecule has 32 heavy (non-hydrogen) atoms. The Kier molecular flexibility index (Phi) is 6.69. The van der Waals surface area contributed by atoms with E-state index in [1.54, 1.807) is 6.07 Å². The lowest BCUT2D eigenvalue weighted by molar-refractivity contribution is 0.0615. The maximum absolute atomic E-state index is 13.5. The quantitative estimate of drug-likeness (QED) is 0.523. The van der Waals surface area contributed by atoms with Gasteiger partial charge in [0, 0.05) is 55.9 Å². The lowest BCUT2D eigenvalue weighted by atomic mass is 10.1. The molecule has 3 aromatic rings. The van der Waals surface area contributed by atoms with Crippen molar-refractivity contribution >= 4 is 34.1 Å². The third-order valence-electron chi connectivity index (χ3n) is 6.11. The topological polar surface area (TPSA) is 71.6 Å². The number of hydrogen-bond donors (Lipinski definition) is 3. The molecule has 0 aliphatic carbocycles. The number of rotatable bonds is 6. The summed E-state index contributed by atoms with van der Waals surface area (Å²) in [6.07, 6.45) is 0. The van der Waals surface area contributed by atoms with Crippen molar-refractivity contribution in [3.05, 3.63) is 63.6 Å². The van der Waals surface area contributed by atoms with Gasteiger partial charge in [0.15, 0.2) is 0 Å². The fourth-order valence-corrected chi connectivity index (χ4v) is 4.40. The summed E-state index contributed by atoms with van der Waals surface area (Å²) in [5, 5.41) is 13.9. The summed E-state index contributed by atoms with van der Waals surface area (Å²) in [6.45, 7) is 7.75. The molecule has 0 unspecified atom stereocenters. The molecule has 6 nitrogen and oxygen atoms in total. The molecule has 0 bridgehead atoms. The minimum absolute atomic E-state index is 0.0357. The van der Waals surface area contributed by atoms with E-state index in [1.807, 2.05) is 30.9 Å². The molecule has 170 valence electrons. The van der Waals surface area contributed by atoms with Gasteiger partial charge in [0.25, 0.3) is 5.91 Å². The third-order valence-corrected chi connectivity index (χ3v) is 6.60. The average molecular weight is 459 g/mol. The van der Waals surface area contributed by atoms with Crippen LogP contribution in [-0.2, 0) is 6.54 Å². The minimum Gasteiger partial charge on any atom is -0.395 e. The Labute approximate surface area is 192 Å². The van der Waals surface area contributed by atoms with Crippen molar-refractivity contribution < 1.29 is 14.3 Å². The molecule has 4 rings (SSSR count).